The molecule has 0 bridgehead atoms. The molecular formula is C13H10ClN3. The van der Waals surface area contributed by atoms with Gasteiger partial charge in [-0.3, -0.25) is 0 Å². The summed E-state index contributed by atoms with van der Waals surface area (Å²) >= 11 is 5.83. The van der Waals surface area contributed by atoms with Crippen LogP contribution in [0, 0.1) is 0 Å². The lowest BCUT2D eigenvalue weighted by atomic mass is 10.3. The summed E-state index contributed by atoms with van der Waals surface area (Å²) in [6.07, 6.45) is 0. The van der Waals surface area contributed by atoms with Gasteiger partial charge in [0.15, 0.2) is 0 Å². The highest BCUT2D eigenvalue weighted by atomic mass is 35.5. The van der Waals surface area contributed by atoms with Crippen LogP contribution in [0.25, 0.3) is 11.0 Å². The maximum atomic E-state index is 5.83. The highest BCUT2D eigenvalue weighted by Crippen LogP contribution is 2.19. The minimum atomic E-state index is 0.722. The molecule has 0 atom stereocenters. The van der Waals surface area contributed by atoms with Crippen LogP contribution < -0.4 is 5.32 Å². The molecule has 3 aromatic rings. The summed E-state index contributed by atoms with van der Waals surface area (Å²) in [5, 5.41) is 3.92. The van der Waals surface area contributed by atoms with Crippen molar-refractivity contribution in [2.45, 2.75) is 0 Å². The van der Waals surface area contributed by atoms with Gasteiger partial charge in [-0.1, -0.05) is 23.7 Å². The second kappa shape index (κ2) is 4.11. The molecule has 2 aromatic carbocycles. The van der Waals surface area contributed by atoms with Crippen LogP contribution in [-0.4, -0.2) is 9.97 Å². The van der Waals surface area contributed by atoms with Crippen LogP contribution in [0.3, 0.4) is 0 Å². The first kappa shape index (κ1) is 10.2. The van der Waals surface area contributed by atoms with E-state index in [1.807, 2.05) is 48.5 Å². The number of anilines is 2. The molecule has 0 unspecified atom stereocenters. The van der Waals surface area contributed by atoms with E-state index in [4.69, 9.17) is 11.6 Å². The van der Waals surface area contributed by atoms with Gasteiger partial charge in [0.25, 0.3) is 0 Å². The Hall–Kier alpha value is -2.00. The van der Waals surface area contributed by atoms with Crippen LogP contribution in [-0.2, 0) is 0 Å². The summed E-state index contributed by atoms with van der Waals surface area (Å²) in [5.41, 5.74) is 2.92. The van der Waals surface area contributed by atoms with Crippen LogP contribution >= 0.6 is 11.6 Å². The molecule has 0 aliphatic heterocycles. The monoisotopic (exact) mass is 243 g/mol. The highest BCUT2D eigenvalue weighted by molar-refractivity contribution is 6.30. The Morgan fingerprint density at radius 1 is 1.00 bits per heavy atom. The first-order chi connectivity index (χ1) is 8.31. The molecule has 0 amide bonds. The normalized spacial score (nSPS) is 10.6. The summed E-state index contributed by atoms with van der Waals surface area (Å²) in [6, 6.07) is 15.4. The van der Waals surface area contributed by atoms with Gasteiger partial charge in [0.1, 0.15) is 0 Å². The van der Waals surface area contributed by atoms with Crippen molar-refractivity contribution in [1.29, 1.82) is 0 Å². The van der Waals surface area contributed by atoms with E-state index in [2.05, 4.69) is 15.3 Å². The molecule has 0 saturated carbocycles. The fourth-order valence-corrected chi connectivity index (χ4v) is 1.81. The number of H-pyrrole nitrogens is 1. The minimum Gasteiger partial charge on any atom is -0.326 e. The van der Waals surface area contributed by atoms with Crippen molar-refractivity contribution in [3.63, 3.8) is 0 Å². The van der Waals surface area contributed by atoms with Crippen molar-refractivity contribution < 1.29 is 0 Å². The number of hydrogen-bond acceptors (Lipinski definition) is 2. The largest absolute Gasteiger partial charge is 0.326 e. The molecule has 0 aliphatic rings. The molecule has 1 heterocycles. The van der Waals surface area contributed by atoms with Gasteiger partial charge in [-0.2, -0.15) is 0 Å². The topological polar surface area (TPSA) is 40.7 Å². The van der Waals surface area contributed by atoms with Crippen molar-refractivity contribution in [2.75, 3.05) is 5.32 Å². The standard InChI is InChI=1S/C13H10ClN3/c14-9-5-7-10(8-6-9)15-13-16-11-3-1-2-4-12(11)17-13/h1-8H,(H2,15,16,17). The quantitative estimate of drug-likeness (QED) is 0.715. The fourth-order valence-electron chi connectivity index (χ4n) is 1.68. The Morgan fingerprint density at radius 3 is 2.53 bits per heavy atom. The van der Waals surface area contributed by atoms with E-state index in [0.29, 0.717) is 0 Å². The molecule has 0 saturated heterocycles. The molecule has 0 radical (unpaired) electrons. The lowest BCUT2D eigenvalue weighted by Crippen LogP contribution is -1.91. The van der Waals surface area contributed by atoms with Crippen LogP contribution in [0.2, 0.25) is 5.02 Å². The van der Waals surface area contributed by atoms with E-state index in [1.54, 1.807) is 0 Å². The van der Waals surface area contributed by atoms with Gasteiger partial charge in [-0.15, -0.1) is 0 Å². The zero-order valence-electron chi connectivity index (χ0n) is 8.94. The van der Waals surface area contributed by atoms with Crippen molar-refractivity contribution in [3.8, 4) is 0 Å². The SMILES string of the molecule is Clc1ccc(Nc2nc3ccccc3[nH]2)cc1. The predicted octanol–water partition coefficient (Wildman–Crippen LogP) is 3.96. The number of rotatable bonds is 2. The minimum absolute atomic E-state index is 0.722. The molecular weight excluding hydrogens is 234 g/mol. The van der Waals surface area contributed by atoms with E-state index in [1.165, 1.54) is 0 Å². The molecule has 3 nitrogen and oxygen atoms in total. The van der Waals surface area contributed by atoms with E-state index in [-0.39, 0.29) is 0 Å². The second-order valence-electron chi connectivity index (χ2n) is 3.73. The van der Waals surface area contributed by atoms with E-state index in [0.717, 1.165) is 27.7 Å². The lowest BCUT2D eigenvalue weighted by Gasteiger charge is -2.01. The number of benzene rings is 2. The number of aromatic amines is 1. The fraction of sp³-hybridized carbons (Fsp3) is 0. The van der Waals surface area contributed by atoms with Crippen molar-refractivity contribution >= 4 is 34.3 Å². The summed E-state index contributed by atoms with van der Waals surface area (Å²) in [4.78, 5) is 7.63. The number of imidazole rings is 1. The third-order valence-corrected chi connectivity index (χ3v) is 2.75. The Balaban J connectivity index is 1.92. The Labute approximate surface area is 103 Å². The smallest absolute Gasteiger partial charge is 0.205 e. The Kier molecular flexibility index (Phi) is 2.46. The number of aromatic nitrogens is 2. The number of halogens is 1. The van der Waals surface area contributed by atoms with Crippen molar-refractivity contribution in [1.82, 2.24) is 9.97 Å². The molecule has 0 spiro atoms. The van der Waals surface area contributed by atoms with E-state index >= 15 is 0 Å². The van der Waals surface area contributed by atoms with Crippen LogP contribution in [0.15, 0.2) is 48.5 Å². The molecule has 1 aromatic heterocycles. The summed E-state index contributed by atoms with van der Waals surface area (Å²) < 4.78 is 0. The highest BCUT2D eigenvalue weighted by Gasteiger charge is 2.01. The first-order valence-corrected chi connectivity index (χ1v) is 5.66. The van der Waals surface area contributed by atoms with Gasteiger partial charge < -0.3 is 10.3 Å². The number of nitrogens with zero attached hydrogens (tertiary/aromatic N) is 1. The first-order valence-electron chi connectivity index (χ1n) is 5.28. The van der Waals surface area contributed by atoms with Crippen LogP contribution in [0.1, 0.15) is 0 Å². The Morgan fingerprint density at radius 2 is 1.76 bits per heavy atom. The average molecular weight is 244 g/mol. The van der Waals surface area contributed by atoms with Gasteiger partial charge in [0.2, 0.25) is 5.95 Å². The summed E-state index contributed by atoms with van der Waals surface area (Å²) in [7, 11) is 0. The number of fused-ring (bicyclic) bond motifs is 1. The summed E-state index contributed by atoms with van der Waals surface area (Å²) in [5.74, 6) is 0.730. The van der Waals surface area contributed by atoms with Crippen molar-refractivity contribution in [3.05, 3.63) is 53.6 Å². The summed E-state index contributed by atoms with van der Waals surface area (Å²) in [6.45, 7) is 0. The zero-order valence-corrected chi connectivity index (χ0v) is 9.70. The number of hydrogen-bond donors (Lipinski definition) is 2. The van der Waals surface area contributed by atoms with Gasteiger partial charge in [-0.25, -0.2) is 4.98 Å². The van der Waals surface area contributed by atoms with Crippen molar-refractivity contribution in [2.24, 2.45) is 0 Å². The van der Waals surface area contributed by atoms with Gasteiger partial charge >= 0.3 is 0 Å². The maximum absolute atomic E-state index is 5.83. The van der Waals surface area contributed by atoms with Crippen LogP contribution in [0.5, 0.6) is 0 Å². The third kappa shape index (κ3) is 2.10. The number of para-hydroxylation sites is 2. The zero-order chi connectivity index (χ0) is 11.7. The lowest BCUT2D eigenvalue weighted by molar-refractivity contribution is 1.31. The van der Waals surface area contributed by atoms with Gasteiger partial charge in [0.05, 0.1) is 11.0 Å². The third-order valence-electron chi connectivity index (χ3n) is 2.50. The predicted molar refractivity (Wildman–Crippen MR) is 70.8 cm³/mol. The average Bonchev–Trinajstić information content (AvgIpc) is 2.74. The number of nitrogens with one attached hydrogen (secondary N) is 2. The van der Waals surface area contributed by atoms with Gasteiger partial charge in [0, 0.05) is 10.7 Å². The second-order valence-corrected chi connectivity index (χ2v) is 4.17. The maximum Gasteiger partial charge on any atom is 0.205 e. The molecule has 0 fully saturated rings. The van der Waals surface area contributed by atoms with Crippen LogP contribution in [0.4, 0.5) is 11.6 Å². The van der Waals surface area contributed by atoms with E-state index in [9.17, 15) is 0 Å². The molecule has 3 rings (SSSR count). The molecule has 17 heavy (non-hydrogen) atoms. The van der Waals surface area contributed by atoms with E-state index < -0.39 is 0 Å². The molecule has 4 heteroatoms. The Bertz CT molecular complexity index is 610. The molecule has 2 N–H and O–H groups in total. The van der Waals surface area contributed by atoms with Gasteiger partial charge in [-0.05, 0) is 36.4 Å². The molecule has 84 valence electrons. The molecule has 0 aliphatic carbocycles.